The van der Waals surface area contributed by atoms with Gasteiger partial charge in [-0.25, -0.2) is 4.98 Å². The zero-order valence-electron chi connectivity index (χ0n) is 10.5. The van der Waals surface area contributed by atoms with Gasteiger partial charge in [-0.3, -0.25) is 4.79 Å². The van der Waals surface area contributed by atoms with Crippen molar-refractivity contribution in [2.45, 2.75) is 26.9 Å². The molecular formula is C14H15NO2S. The minimum absolute atomic E-state index is 0.233. The van der Waals surface area contributed by atoms with Crippen LogP contribution in [-0.2, 0) is 22.6 Å². The molecule has 0 N–H and O–H groups in total. The Morgan fingerprint density at radius 1 is 1.33 bits per heavy atom. The third kappa shape index (κ3) is 3.40. The van der Waals surface area contributed by atoms with Crippen LogP contribution in [0.2, 0.25) is 0 Å². The van der Waals surface area contributed by atoms with Gasteiger partial charge in [0.15, 0.2) is 0 Å². The van der Waals surface area contributed by atoms with Gasteiger partial charge in [0.25, 0.3) is 0 Å². The first-order valence-corrected chi connectivity index (χ1v) is 6.64. The van der Waals surface area contributed by atoms with E-state index in [1.165, 1.54) is 0 Å². The van der Waals surface area contributed by atoms with E-state index in [1.807, 2.05) is 43.5 Å². The summed E-state index contributed by atoms with van der Waals surface area (Å²) in [4.78, 5) is 15.9. The number of benzene rings is 1. The average molecular weight is 261 g/mol. The van der Waals surface area contributed by atoms with E-state index in [9.17, 15) is 4.79 Å². The summed E-state index contributed by atoms with van der Waals surface area (Å²) in [5.41, 5.74) is 2.96. The van der Waals surface area contributed by atoms with E-state index in [1.54, 1.807) is 11.3 Å². The highest BCUT2D eigenvalue weighted by atomic mass is 32.1. The van der Waals surface area contributed by atoms with E-state index in [-0.39, 0.29) is 12.4 Å². The number of aromatic nitrogens is 1. The van der Waals surface area contributed by atoms with Crippen LogP contribution in [-0.4, -0.2) is 11.0 Å². The summed E-state index contributed by atoms with van der Waals surface area (Å²) in [5, 5.41) is 2.86. The first kappa shape index (κ1) is 12.8. The van der Waals surface area contributed by atoms with Crippen LogP contribution in [0.15, 0.2) is 29.6 Å². The maximum Gasteiger partial charge on any atom is 0.312 e. The van der Waals surface area contributed by atoms with Gasteiger partial charge in [0.2, 0.25) is 0 Å². The van der Waals surface area contributed by atoms with Crippen molar-refractivity contribution in [2.24, 2.45) is 0 Å². The predicted molar refractivity (Wildman–Crippen MR) is 71.5 cm³/mol. The molecule has 0 aliphatic rings. The number of carbonyl (C=O) groups excluding carboxylic acids is 1. The number of esters is 1. The predicted octanol–water partition coefficient (Wildman–Crippen LogP) is 3.05. The number of rotatable bonds is 4. The number of thiazole rings is 1. The summed E-state index contributed by atoms with van der Waals surface area (Å²) >= 11 is 1.54. The minimum atomic E-state index is -0.233. The highest BCUT2D eigenvalue weighted by molar-refractivity contribution is 7.09. The molecule has 3 nitrogen and oxygen atoms in total. The Morgan fingerprint density at radius 2 is 2.11 bits per heavy atom. The van der Waals surface area contributed by atoms with Gasteiger partial charge in [-0.05, 0) is 25.0 Å². The second kappa shape index (κ2) is 5.78. The molecule has 0 spiro atoms. The summed E-state index contributed by atoms with van der Waals surface area (Å²) in [7, 11) is 0. The van der Waals surface area contributed by atoms with Crippen LogP contribution in [0.25, 0.3) is 0 Å². The van der Waals surface area contributed by atoms with Crippen molar-refractivity contribution in [1.82, 2.24) is 4.98 Å². The Balaban J connectivity index is 1.87. The number of ether oxygens (including phenoxy) is 1. The van der Waals surface area contributed by atoms with Crippen LogP contribution in [0.1, 0.15) is 21.8 Å². The first-order chi connectivity index (χ1) is 8.65. The molecule has 0 aliphatic heterocycles. The second-order valence-corrected chi connectivity index (χ2v) is 5.18. The summed E-state index contributed by atoms with van der Waals surface area (Å²) in [6.45, 7) is 4.26. The molecule has 1 aromatic heterocycles. The van der Waals surface area contributed by atoms with Crippen LogP contribution in [0.5, 0.6) is 0 Å². The summed E-state index contributed by atoms with van der Waals surface area (Å²) in [6, 6.07) is 7.89. The van der Waals surface area contributed by atoms with E-state index in [0.717, 1.165) is 21.8 Å². The molecule has 1 aromatic carbocycles. The van der Waals surface area contributed by atoms with Gasteiger partial charge < -0.3 is 4.74 Å². The van der Waals surface area contributed by atoms with Crippen LogP contribution in [0.3, 0.4) is 0 Å². The molecule has 0 saturated heterocycles. The molecule has 0 aliphatic carbocycles. The third-order valence-electron chi connectivity index (χ3n) is 2.64. The fourth-order valence-corrected chi connectivity index (χ4v) is 2.23. The fraction of sp³-hybridized carbons (Fsp3) is 0.286. The lowest BCUT2D eigenvalue weighted by Gasteiger charge is -2.06. The average Bonchev–Trinajstić information content (AvgIpc) is 2.74. The van der Waals surface area contributed by atoms with Gasteiger partial charge in [0.1, 0.15) is 6.61 Å². The van der Waals surface area contributed by atoms with Crippen molar-refractivity contribution in [3.05, 3.63) is 51.5 Å². The topological polar surface area (TPSA) is 39.2 Å². The van der Waals surface area contributed by atoms with Crippen LogP contribution < -0.4 is 0 Å². The molecule has 2 rings (SSSR count). The van der Waals surface area contributed by atoms with E-state index < -0.39 is 0 Å². The van der Waals surface area contributed by atoms with Crippen molar-refractivity contribution in [2.75, 3.05) is 0 Å². The molecule has 2 aromatic rings. The van der Waals surface area contributed by atoms with Gasteiger partial charge in [-0.1, -0.05) is 24.3 Å². The van der Waals surface area contributed by atoms with Crippen LogP contribution in [0.4, 0.5) is 0 Å². The molecule has 18 heavy (non-hydrogen) atoms. The Bertz CT molecular complexity index is 548. The summed E-state index contributed by atoms with van der Waals surface area (Å²) in [5.74, 6) is -0.233. The smallest absolute Gasteiger partial charge is 0.312 e. The molecule has 0 radical (unpaired) electrons. The van der Waals surface area contributed by atoms with Crippen molar-refractivity contribution in [1.29, 1.82) is 0 Å². The maximum absolute atomic E-state index is 11.6. The fourth-order valence-electron chi connectivity index (χ4n) is 1.62. The van der Waals surface area contributed by atoms with Crippen LogP contribution in [0, 0.1) is 13.8 Å². The normalized spacial score (nSPS) is 10.3. The molecule has 0 fully saturated rings. The molecule has 94 valence electrons. The lowest BCUT2D eigenvalue weighted by atomic mass is 10.1. The largest absolute Gasteiger partial charge is 0.461 e. The lowest BCUT2D eigenvalue weighted by molar-refractivity contribution is -0.144. The maximum atomic E-state index is 11.6. The Morgan fingerprint density at radius 3 is 2.78 bits per heavy atom. The molecule has 4 heteroatoms. The van der Waals surface area contributed by atoms with Gasteiger partial charge >= 0.3 is 5.97 Å². The zero-order valence-corrected chi connectivity index (χ0v) is 11.3. The van der Waals surface area contributed by atoms with E-state index in [2.05, 4.69) is 4.98 Å². The van der Waals surface area contributed by atoms with Gasteiger partial charge in [-0.2, -0.15) is 0 Å². The molecule has 0 bridgehead atoms. The number of nitrogens with zero attached hydrogens (tertiary/aromatic N) is 1. The molecular weight excluding hydrogens is 246 g/mol. The number of hydrogen-bond acceptors (Lipinski definition) is 4. The second-order valence-electron chi connectivity index (χ2n) is 4.12. The Hall–Kier alpha value is -1.68. The molecule has 0 saturated carbocycles. The van der Waals surface area contributed by atoms with Crippen molar-refractivity contribution in [3.8, 4) is 0 Å². The highest BCUT2D eigenvalue weighted by Gasteiger charge is 2.08. The molecule has 0 atom stereocenters. The zero-order chi connectivity index (χ0) is 13.0. The van der Waals surface area contributed by atoms with E-state index in [0.29, 0.717) is 6.61 Å². The highest BCUT2D eigenvalue weighted by Crippen LogP contribution is 2.11. The quantitative estimate of drug-likeness (QED) is 0.794. The summed E-state index contributed by atoms with van der Waals surface area (Å²) < 4.78 is 5.25. The minimum Gasteiger partial charge on any atom is -0.461 e. The van der Waals surface area contributed by atoms with Crippen LogP contribution >= 0.6 is 11.3 Å². The van der Waals surface area contributed by atoms with E-state index >= 15 is 0 Å². The van der Waals surface area contributed by atoms with Gasteiger partial charge in [0.05, 0.1) is 17.1 Å². The number of hydrogen-bond donors (Lipinski definition) is 0. The third-order valence-corrected chi connectivity index (χ3v) is 3.46. The summed E-state index contributed by atoms with van der Waals surface area (Å²) in [6.07, 6.45) is 0.246. The number of aryl methyl sites for hydroxylation is 2. The standard InChI is InChI=1S/C14H15NO2S/c1-10-5-3-4-6-12(10)8-17-14(16)7-13-9-18-11(2)15-13/h3-6,9H,7-8H2,1-2H3. The van der Waals surface area contributed by atoms with Crippen molar-refractivity contribution in [3.63, 3.8) is 0 Å². The Labute approximate surface area is 110 Å². The van der Waals surface area contributed by atoms with Gasteiger partial charge in [0, 0.05) is 5.38 Å². The lowest BCUT2D eigenvalue weighted by Crippen LogP contribution is -2.08. The molecule has 1 heterocycles. The monoisotopic (exact) mass is 261 g/mol. The van der Waals surface area contributed by atoms with Crippen molar-refractivity contribution < 1.29 is 9.53 Å². The molecule has 0 amide bonds. The SMILES string of the molecule is Cc1nc(CC(=O)OCc2ccccc2C)cs1. The van der Waals surface area contributed by atoms with Gasteiger partial charge in [-0.15, -0.1) is 11.3 Å². The van der Waals surface area contributed by atoms with Crippen molar-refractivity contribution >= 4 is 17.3 Å². The number of carbonyl (C=O) groups is 1. The molecule has 0 unspecified atom stereocenters. The Kier molecular flexibility index (Phi) is 4.10. The van der Waals surface area contributed by atoms with E-state index in [4.69, 9.17) is 4.74 Å². The first-order valence-electron chi connectivity index (χ1n) is 5.76.